The van der Waals surface area contributed by atoms with Crippen molar-refractivity contribution in [3.63, 3.8) is 0 Å². The molecule has 8 heteroatoms. The van der Waals surface area contributed by atoms with Gasteiger partial charge in [0.15, 0.2) is 0 Å². The van der Waals surface area contributed by atoms with Crippen molar-refractivity contribution in [1.29, 1.82) is 0 Å². The van der Waals surface area contributed by atoms with Crippen LogP contribution in [-0.2, 0) is 9.53 Å². The van der Waals surface area contributed by atoms with Gasteiger partial charge in [0, 0.05) is 19.1 Å². The van der Waals surface area contributed by atoms with Gasteiger partial charge in [-0.1, -0.05) is 0 Å². The molecule has 0 spiro atoms. The van der Waals surface area contributed by atoms with Crippen LogP contribution in [-0.4, -0.2) is 42.3 Å². The zero-order valence-electron chi connectivity index (χ0n) is 7.58. The third kappa shape index (κ3) is 3.08. The van der Waals surface area contributed by atoms with Crippen LogP contribution in [0.1, 0.15) is 6.42 Å². The number of nitrogens with two attached hydrogens (primary N) is 1. The molecule has 1 aliphatic heterocycles. The van der Waals surface area contributed by atoms with Crippen LogP contribution in [0.15, 0.2) is 0 Å². The highest BCUT2D eigenvalue weighted by molar-refractivity contribution is 5.87. The number of halogens is 3. The third-order valence-electron chi connectivity index (χ3n) is 1.89. The van der Waals surface area contributed by atoms with Gasteiger partial charge in [-0.2, -0.15) is 13.2 Å². The van der Waals surface area contributed by atoms with Gasteiger partial charge in [-0.15, -0.1) is 0 Å². The number of ether oxygens (including phenoxy) is 1. The Balaban J connectivity index is 2.46. The quantitative estimate of drug-likeness (QED) is 0.474. The standard InChI is InChI=1S/C7H9F3N2O3/c8-7(9,10)5(13)15-6(14)12-2-1-4(11)3-12/h4H,1-3,11H2. The Morgan fingerprint density at radius 2 is 2.00 bits per heavy atom. The summed E-state index contributed by atoms with van der Waals surface area (Å²) in [6, 6.07) is -0.279. The molecule has 2 N–H and O–H groups in total. The van der Waals surface area contributed by atoms with E-state index in [1.807, 2.05) is 0 Å². The first kappa shape index (κ1) is 11.8. The Kier molecular flexibility index (Phi) is 3.18. The van der Waals surface area contributed by atoms with Crippen LogP contribution >= 0.6 is 0 Å². The molecule has 0 aromatic rings. The lowest BCUT2D eigenvalue weighted by molar-refractivity contribution is -0.193. The predicted octanol–water partition coefficient (Wildman–Crippen LogP) is 0.245. The maximum atomic E-state index is 11.7. The van der Waals surface area contributed by atoms with Gasteiger partial charge in [-0.3, -0.25) is 0 Å². The predicted molar refractivity (Wildman–Crippen MR) is 41.7 cm³/mol. The zero-order valence-corrected chi connectivity index (χ0v) is 7.58. The van der Waals surface area contributed by atoms with Crippen LogP contribution in [0.2, 0.25) is 0 Å². The minimum atomic E-state index is -5.16. The number of carbonyl (C=O) groups is 2. The van der Waals surface area contributed by atoms with Gasteiger partial charge in [-0.05, 0) is 6.42 Å². The van der Waals surface area contributed by atoms with E-state index in [4.69, 9.17) is 5.73 Å². The summed E-state index contributed by atoms with van der Waals surface area (Å²) in [5.41, 5.74) is 5.42. The molecule has 5 nitrogen and oxygen atoms in total. The fraction of sp³-hybridized carbons (Fsp3) is 0.714. The van der Waals surface area contributed by atoms with Gasteiger partial charge in [0.1, 0.15) is 0 Å². The van der Waals surface area contributed by atoms with Gasteiger partial charge in [0.25, 0.3) is 0 Å². The van der Waals surface area contributed by atoms with E-state index in [1.54, 1.807) is 0 Å². The molecule has 0 radical (unpaired) electrons. The monoisotopic (exact) mass is 226 g/mol. The summed E-state index contributed by atoms with van der Waals surface area (Å²) in [5, 5.41) is 0. The SMILES string of the molecule is NC1CCN(C(=O)OC(=O)C(F)(F)F)C1. The lowest BCUT2D eigenvalue weighted by Gasteiger charge is -2.14. The highest BCUT2D eigenvalue weighted by Gasteiger charge is 2.43. The lowest BCUT2D eigenvalue weighted by Crippen LogP contribution is -2.37. The Hall–Kier alpha value is -1.31. The highest BCUT2D eigenvalue weighted by Crippen LogP contribution is 2.18. The summed E-state index contributed by atoms with van der Waals surface area (Å²) in [4.78, 5) is 22.2. The second-order valence-electron chi connectivity index (χ2n) is 3.15. The normalized spacial score (nSPS) is 21.6. The Bertz CT molecular complexity index is 279. The first-order valence-electron chi connectivity index (χ1n) is 4.14. The molecule has 0 aliphatic carbocycles. The van der Waals surface area contributed by atoms with E-state index in [2.05, 4.69) is 4.74 Å². The minimum absolute atomic E-state index is 0.101. The highest BCUT2D eigenvalue weighted by atomic mass is 19.4. The van der Waals surface area contributed by atoms with E-state index >= 15 is 0 Å². The molecule has 1 amide bonds. The summed E-state index contributed by atoms with van der Waals surface area (Å²) in [6.45, 7) is 0.301. The largest absolute Gasteiger partial charge is 0.491 e. The molecule has 0 saturated carbocycles. The fourth-order valence-electron chi connectivity index (χ4n) is 1.15. The Morgan fingerprint density at radius 3 is 2.40 bits per heavy atom. The van der Waals surface area contributed by atoms with Crippen LogP contribution in [0.3, 0.4) is 0 Å². The second-order valence-corrected chi connectivity index (χ2v) is 3.15. The van der Waals surface area contributed by atoms with Gasteiger partial charge in [-0.25, -0.2) is 9.59 Å². The van der Waals surface area contributed by atoms with Crippen molar-refractivity contribution >= 4 is 12.1 Å². The number of esters is 1. The minimum Gasteiger partial charge on any atom is -0.369 e. The van der Waals surface area contributed by atoms with Crippen molar-refractivity contribution in [2.45, 2.75) is 18.6 Å². The number of alkyl halides is 3. The van der Waals surface area contributed by atoms with Crippen LogP contribution in [0, 0.1) is 0 Å². The van der Waals surface area contributed by atoms with E-state index in [0.29, 0.717) is 6.42 Å². The maximum Gasteiger partial charge on any atom is 0.491 e. The smallest absolute Gasteiger partial charge is 0.369 e. The molecule has 86 valence electrons. The fourth-order valence-corrected chi connectivity index (χ4v) is 1.15. The summed E-state index contributed by atoms with van der Waals surface area (Å²) in [6.07, 6.45) is -5.97. The third-order valence-corrected chi connectivity index (χ3v) is 1.89. The molecule has 1 aliphatic rings. The molecule has 0 bridgehead atoms. The van der Waals surface area contributed by atoms with Crippen molar-refractivity contribution in [1.82, 2.24) is 4.90 Å². The van der Waals surface area contributed by atoms with Crippen LogP contribution < -0.4 is 5.73 Å². The Morgan fingerprint density at radius 1 is 1.40 bits per heavy atom. The topological polar surface area (TPSA) is 72.6 Å². The van der Waals surface area contributed by atoms with Gasteiger partial charge < -0.3 is 15.4 Å². The van der Waals surface area contributed by atoms with Gasteiger partial charge in [0.2, 0.25) is 0 Å². The van der Waals surface area contributed by atoms with Crippen molar-refractivity contribution < 1.29 is 27.5 Å². The van der Waals surface area contributed by atoms with Crippen molar-refractivity contribution in [2.75, 3.05) is 13.1 Å². The van der Waals surface area contributed by atoms with E-state index in [9.17, 15) is 22.8 Å². The summed E-state index contributed by atoms with van der Waals surface area (Å²) < 4.78 is 38.7. The van der Waals surface area contributed by atoms with E-state index in [0.717, 1.165) is 4.90 Å². The van der Waals surface area contributed by atoms with Crippen molar-refractivity contribution in [3.8, 4) is 0 Å². The molecule has 1 atom stereocenters. The average molecular weight is 226 g/mol. The molecule has 1 saturated heterocycles. The number of hydrogen-bond donors (Lipinski definition) is 1. The molecule has 1 unspecified atom stereocenters. The molecule has 1 rings (SSSR count). The number of nitrogens with zero attached hydrogens (tertiary/aromatic N) is 1. The summed E-state index contributed by atoms with van der Waals surface area (Å²) in [5.74, 6) is -2.51. The van der Waals surface area contributed by atoms with Crippen LogP contribution in [0.5, 0.6) is 0 Å². The molecule has 15 heavy (non-hydrogen) atoms. The first-order chi connectivity index (χ1) is 6.80. The average Bonchev–Trinajstić information content (AvgIpc) is 2.50. The van der Waals surface area contributed by atoms with Gasteiger partial charge in [0.05, 0.1) is 0 Å². The molecular weight excluding hydrogens is 217 g/mol. The van der Waals surface area contributed by atoms with Crippen molar-refractivity contribution in [3.05, 3.63) is 0 Å². The molecule has 1 heterocycles. The van der Waals surface area contributed by atoms with Crippen molar-refractivity contribution in [2.24, 2.45) is 5.73 Å². The Labute approximate surface area is 83.0 Å². The number of hydrogen-bond acceptors (Lipinski definition) is 4. The molecule has 1 fully saturated rings. The molecule has 0 aromatic carbocycles. The number of likely N-dealkylation sites (tertiary alicyclic amines) is 1. The zero-order chi connectivity index (χ0) is 11.6. The number of carbonyl (C=O) groups excluding carboxylic acids is 2. The summed E-state index contributed by atoms with van der Waals surface area (Å²) in [7, 11) is 0. The van der Waals surface area contributed by atoms with E-state index < -0.39 is 18.2 Å². The van der Waals surface area contributed by atoms with Crippen LogP contribution in [0.4, 0.5) is 18.0 Å². The molecule has 0 aromatic heterocycles. The maximum absolute atomic E-state index is 11.7. The number of rotatable bonds is 0. The molecular formula is C7H9F3N2O3. The number of amides is 1. The van der Waals surface area contributed by atoms with E-state index in [1.165, 1.54) is 0 Å². The second kappa shape index (κ2) is 4.05. The summed E-state index contributed by atoms with van der Waals surface area (Å²) >= 11 is 0. The van der Waals surface area contributed by atoms with E-state index in [-0.39, 0.29) is 19.1 Å². The van der Waals surface area contributed by atoms with Gasteiger partial charge >= 0.3 is 18.2 Å². The van der Waals surface area contributed by atoms with Crippen LogP contribution in [0.25, 0.3) is 0 Å². The lowest BCUT2D eigenvalue weighted by atomic mass is 10.3. The first-order valence-corrected chi connectivity index (χ1v) is 4.14.